The fourth-order valence-corrected chi connectivity index (χ4v) is 5.35. The van der Waals surface area contributed by atoms with Gasteiger partial charge in [-0.05, 0) is 18.4 Å². The molecular formula is C18H21N3O4S. The van der Waals surface area contributed by atoms with E-state index in [1.807, 2.05) is 30.3 Å². The average molecular weight is 375 g/mol. The van der Waals surface area contributed by atoms with Gasteiger partial charge in [-0.15, -0.1) is 0 Å². The zero-order valence-electron chi connectivity index (χ0n) is 14.7. The molecule has 8 heteroatoms. The van der Waals surface area contributed by atoms with Gasteiger partial charge in [0.05, 0.1) is 18.0 Å². The van der Waals surface area contributed by atoms with E-state index in [0.717, 1.165) is 5.56 Å². The highest BCUT2D eigenvalue weighted by Gasteiger charge is 2.51. The second-order valence-electron chi connectivity index (χ2n) is 7.15. The van der Waals surface area contributed by atoms with Crippen LogP contribution in [0.4, 0.5) is 0 Å². The first-order valence-corrected chi connectivity index (χ1v) is 10.4. The molecule has 0 spiro atoms. The minimum absolute atomic E-state index is 0.0695. The lowest BCUT2D eigenvalue weighted by molar-refractivity contribution is 0.0732. The van der Waals surface area contributed by atoms with Gasteiger partial charge in [0.15, 0.2) is 0 Å². The number of carbonyl (C=O) groups is 1. The van der Waals surface area contributed by atoms with Crippen LogP contribution in [0.2, 0.25) is 0 Å². The summed E-state index contributed by atoms with van der Waals surface area (Å²) in [5.41, 5.74) is 1.63. The molecule has 2 saturated heterocycles. The van der Waals surface area contributed by atoms with Crippen LogP contribution in [0.1, 0.15) is 27.9 Å². The molecule has 0 bridgehead atoms. The topological polar surface area (TPSA) is 83.7 Å². The van der Waals surface area contributed by atoms with Crippen LogP contribution in [0.15, 0.2) is 40.9 Å². The summed E-state index contributed by atoms with van der Waals surface area (Å²) >= 11 is 0. The van der Waals surface area contributed by atoms with Gasteiger partial charge >= 0.3 is 0 Å². The monoisotopic (exact) mass is 375 g/mol. The van der Waals surface area contributed by atoms with Crippen molar-refractivity contribution in [2.75, 3.05) is 25.9 Å². The van der Waals surface area contributed by atoms with Crippen LogP contribution in [0.3, 0.4) is 0 Å². The Morgan fingerprint density at radius 3 is 2.54 bits per heavy atom. The van der Waals surface area contributed by atoms with Crippen LogP contribution in [-0.4, -0.2) is 54.6 Å². The van der Waals surface area contributed by atoms with Crippen molar-refractivity contribution < 1.29 is 17.7 Å². The smallest absolute Gasteiger partial charge is 0.292 e. The Bertz CT molecular complexity index is 925. The highest BCUT2D eigenvalue weighted by atomic mass is 32.2. The van der Waals surface area contributed by atoms with Gasteiger partial charge in [0.2, 0.25) is 15.8 Å². The van der Waals surface area contributed by atoms with E-state index in [4.69, 9.17) is 4.52 Å². The van der Waals surface area contributed by atoms with Crippen LogP contribution in [-0.2, 0) is 10.0 Å². The molecule has 3 atom stereocenters. The fourth-order valence-electron chi connectivity index (χ4n) is 4.20. The molecule has 1 aromatic heterocycles. The maximum absolute atomic E-state index is 12.7. The van der Waals surface area contributed by atoms with E-state index >= 15 is 0 Å². The molecule has 0 N–H and O–H groups in total. The van der Waals surface area contributed by atoms with Crippen molar-refractivity contribution in [2.24, 2.45) is 11.8 Å². The van der Waals surface area contributed by atoms with E-state index in [0.29, 0.717) is 25.3 Å². The number of amides is 1. The first-order chi connectivity index (χ1) is 12.3. The lowest BCUT2D eigenvalue weighted by Gasteiger charge is -2.28. The first-order valence-electron chi connectivity index (χ1n) is 8.59. The predicted molar refractivity (Wildman–Crippen MR) is 94.9 cm³/mol. The number of fused-ring (bicyclic) bond motifs is 1. The summed E-state index contributed by atoms with van der Waals surface area (Å²) in [7, 11) is -3.33. The van der Waals surface area contributed by atoms with Gasteiger partial charge in [-0.2, -0.15) is 4.31 Å². The second-order valence-corrected chi connectivity index (χ2v) is 9.09. The average Bonchev–Trinajstić information content (AvgIpc) is 3.27. The molecule has 0 saturated carbocycles. The Morgan fingerprint density at radius 2 is 1.92 bits per heavy atom. The van der Waals surface area contributed by atoms with Crippen molar-refractivity contribution >= 4 is 15.9 Å². The molecular weight excluding hydrogens is 354 g/mol. The SMILES string of the molecule is Cc1cc(C(=O)N2C[C@@H]3CN(S(C)(=O)=O)[C@@H](c4ccccc4)[C@@H]3C2)on1. The molecule has 7 nitrogen and oxygen atoms in total. The van der Waals surface area contributed by atoms with E-state index in [1.165, 1.54) is 6.26 Å². The van der Waals surface area contributed by atoms with E-state index in [9.17, 15) is 13.2 Å². The predicted octanol–water partition coefficient (Wildman–Crippen LogP) is 1.69. The molecule has 138 valence electrons. The molecule has 3 heterocycles. The fraction of sp³-hybridized carbons (Fsp3) is 0.444. The lowest BCUT2D eigenvalue weighted by atomic mass is 9.90. The molecule has 0 unspecified atom stereocenters. The van der Waals surface area contributed by atoms with Crippen LogP contribution in [0, 0.1) is 18.8 Å². The third-order valence-corrected chi connectivity index (χ3v) is 6.54. The number of hydrogen-bond donors (Lipinski definition) is 0. The zero-order chi connectivity index (χ0) is 18.5. The zero-order valence-corrected chi connectivity index (χ0v) is 15.5. The molecule has 1 amide bonds. The van der Waals surface area contributed by atoms with Gasteiger partial charge in [-0.1, -0.05) is 35.5 Å². The van der Waals surface area contributed by atoms with Gasteiger partial charge in [-0.3, -0.25) is 4.79 Å². The van der Waals surface area contributed by atoms with Crippen LogP contribution in [0.25, 0.3) is 0 Å². The normalized spacial score (nSPS) is 26.2. The molecule has 1 aromatic carbocycles. The molecule has 2 aliphatic heterocycles. The van der Waals surface area contributed by atoms with Crippen LogP contribution in [0.5, 0.6) is 0 Å². The van der Waals surface area contributed by atoms with Gasteiger partial charge in [0.25, 0.3) is 5.91 Å². The second kappa shape index (κ2) is 6.21. The standard InChI is InChI=1S/C18H21N3O4S/c1-12-8-16(25-19-12)18(22)20-9-14-10-21(26(2,23)24)17(15(14)11-20)13-6-4-3-5-7-13/h3-8,14-15,17H,9-11H2,1-2H3/t14-,15-,17+/m1/s1. The summed E-state index contributed by atoms with van der Waals surface area (Å²) in [6.07, 6.45) is 1.25. The minimum atomic E-state index is -3.33. The van der Waals surface area contributed by atoms with Gasteiger partial charge in [-0.25, -0.2) is 8.42 Å². The Morgan fingerprint density at radius 1 is 1.19 bits per heavy atom. The molecule has 2 aliphatic rings. The Kier molecular flexibility index (Phi) is 4.11. The number of rotatable bonds is 3. The Labute approximate surface area is 152 Å². The summed E-state index contributed by atoms with van der Waals surface area (Å²) in [5, 5.41) is 3.78. The van der Waals surface area contributed by atoms with Crippen LogP contribution < -0.4 is 0 Å². The number of likely N-dealkylation sites (tertiary alicyclic amines) is 1. The van der Waals surface area contributed by atoms with Crippen molar-refractivity contribution in [1.82, 2.24) is 14.4 Å². The summed E-state index contributed by atoms with van der Waals surface area (Å²) in [6, 6.07) is 11.0. The van der Waals surface area contributed by atoms with E-state index < -0.39 is 10.0 Å². The maximum atomic E-state index is 12.7. The number of aromatic nitrogens is 1. The Balaban J connectivity index is 1.62. The molecule has 0 aliphatic carbocycles. The first kappa shape index (κ1) is 17.2. The summed E-state index contributed by atoms with van der Waals surface area (Å²) in [4.78, 5) is 14.4. The summed E-state index contributed by atoms with van der Waals surface area (Å²) < 4.78 is 31.3. The number of nitrogens with zero attached hydrogens (tertiary/aromatic N) is 3. The van der Waals surface area contributed by atoms with Crippen LogP contribution >= 0.6 is 0 Å². The van der Waals surface area contributed by atoms with Crippen molar-refractivity contribution in [3.8, 4) is 0 Å². The number of aryl methyl sites for hydroxylation is 1. The van der Waals surface area contributed by atoms with Crippen molar-refractivity contribution in [1.29, 1.82) is 0 Å². The Hall–Kier alpha value is -2.19. The third-order valence-electron chi connectivity index (χ3n) is 5.31. The molecule has 4 rings (SSSR count). The lowest BCUT2D eigenvalue weighted by Crippen LogP contribution is -2.36. The number of hydrogen-bond acceptors (Lipinski definition) is 5. The van der Waals surface area contributed by atoms with Crippen molar-refractivity contribution in [3.63, 3.8) is 0 Å². The van der Waals surface area contributed by atoms with Gasteiger partial charge < -0.3 is 9.42 Å². The highest BCUT2D eigenvalue weighted by Crippen LogP contribution is 2.46. The number of carbonyl (C=O) groups excluding carboxylic acids is 1. The molecule has 26 heavy (non-hydrogen) atoms. The number of benzene rings is 1. The van der Waals surface area contributed by atoms with Crippen molar-refractivity contribution in [3.05, 3.63) is 53.4 Å². The van der Waals surface area contributed by atoms with Gasteiger partial charge in [0, 0.05) is 31.6 Å². The van der Waals surface area contributed by atoms with E-state index in [1.54, 1.807) is 22.2 Å². The van der Waals surface area contributed by atoms with Gasteiger partial charge in [0.1, 0.15) is 0 Å². The summed E-state index contributed by atoms with van der Waals surface area (Å²) in [5.74, 6) is 0.236. The van der Waals surface area contributed by atoms with E-state index in [-0.39, 0.29) is 29.5 Å². The molecule has 2 fully saturated rings. The summed E-state index contributed by atoms with van der Waals surface area (Å²) in [6.45, 7) is 3.24. The molecule has 2 aromatic rings. The minimum Gasteiger partial charge on any atom is -0.351 e. The van der Waals surface area contributed by atoms with E-state index in [2.05, 4.69) is 5.16 Å². The third kappa shape index (κ3) is 2.93. The highest BCUT2D eigenvalue weighted by molar-refractivity contribution is 7.88. The largest absolute Gasteiger partial charge is 0.351 e. The quantitative estimate of drug-likeness (QED) is 0.815. The maximum Gasteiger partial charge on any atom is 0.292 e. The van der Waals surface area contributed by atoms with Crippen molar-refractivity contribution in [2.45, 2.75) is 13.0 Å². The number of sulfonamides is 1. The molecule has 0 radical (unpaired) electrons.